The van der Waals surface area contributed by atoms with Crippen LogP contribution in [0.25, 0.3) is 0 Å². The topological polar surface area (TPSA) is 74.6 Å². The van der Waals surface area contributed by atoms with Gasteiger partial charge in [0.2, 0.25) is 0 Å². The van der Waals surface area contributed by atoms with Crippen molar-refractivity contribution in [3.63, 3.8) is 0 Å². The van der Waals surface area contributed by atoms with Gasteiger partial charge >= 0.3 is 12.1 Å². The van der Waals surface area contributed by atoms with Gasteiger partial charge < -0.3 is 10.2 Å². The lowest BCUT2D eigenvalue weighted by molar-refractivity contribution is -0.160. The number of phenolic OH excluding ortho intramolecular Hbond substituents is 1. The number of Topliss-reactive ketones (excluding diaryl/α,β-unsaturated/α-hetero) is 1. The van der Waals surface area contributed by atoms with Gasteiger partial charge in [-0.15, -0.1) is 0 Å². The number of carboxylic acids is 1. The summed E-state index contributed by atoms with van der Waals surface area (Å²) in [5.41, 5.74) is -1.46. The van der Waals surface area contributed by atoms with Crippen LogP contribution >= 0.6 is 0 Å². The Morgan fingerprint density at radius 1 is 1.33 bits per heavy atom. The highest BCUT2D eigenvalue weighted by atomic mass is 19.4. The summed E-state index contributed by atoms with van der Waals surface area (Å²) in [6.07, 6.45) is -7.01. The molecule has 7 heteroatoms. The molecule has 0 saturated carbocycles. The molecule has 2 rings (SSSR count). The molecule has 1 atom stereocenters. The number of hydrogen-bond acceptors (Lipinski definition) is 3. The van der Waals surface area contributed by atoms with Crippen LogP contribution < -0.4 is 0 Å². The fourth-order valence-corrected chi connectivity index (χ4v) is 2.85. The van der Waals surface area contributed by atoms with Gasteiger partial charge in [0.15, 0.2) is 5.78 Å². The molecule has 1 aliphatic rings. The molecule has 0 unspecified atom stereocenters. The molecule has 2 N–H and O–H groups in total. The first kappa shape index (κ1) is 15.3. The lowest BCUT2D eigenvalue weighted by Crippen LogP contribution is -2.41. The monoisotopic (exact) mass is 302 g/mol. The summed E-state index contributed by atoms with van der Waals surface area (Å²) in [5.74, 6) is -2.33. The molecule has 1 aromatic carbocycles. The van der Waals surface area contributed by atoms with Crippen LogP contribution in [0.3, 0.4) is 0 Å². The van der Waals surface area contributed by atoms with E-state index in [1.54, 1.807) is 0 Å². The summed E-state index contributed by atoms with van der Waals surface area (Å²) < 4.78 is 38.3. The minimum absolute atomic E-state index is 0.0598. The van der Waals surface area contributed by atoms with Gasteiger partial charge in [-0.1, -0.05) is 0 Å². The lowest BCUT2D eigenvalue weighted by Gasteiger charge is -2.36. The number of fused-ring (bicyclic) bond motifs is 1. The Morgan fingerprint density at radius 3 is 2.57 bits per heavy atom. The van der Waals surface area contributed by atoms with E-state index in [-0.39, 0.29) is 24.2 Å². The summed E-state index contributed by atoms with van der Waals surface area (Å²) in [6, 6.07) is 3.78. The average Bonchev–Trinajstić information content (AvgIpc) is 2.31. The number of rotatable bonds is 3. The molecule has 0 amide bonds. The Balaban J connectivity index is 2.45. The van der Waals surface area contributed by atoms with E-state index in [1.807, 2.05) is 0 Å². The third-order valence-corrected chi connectivity index (χ3v) is 3.72. The number of aromatic hydroxyl groups is 1. The summed E-state index contributed by atoms with van der Waals surface area (Å²) in [5, 5.41) is 18.2. The van der Waals surface area contributed by atoms with Crippen LogP contribution in [0.15, 0.2) is 18.2 Å². The quantitative estimate of drug-likeness (QED) is 0.900. The van der Waals surface area contributed by atoms with Gasteiger partial charge in [-0.2, -0.15) is 13.2 Å². The standard InChI is InChI=1S/C14H13F3O4/c15-14(16,17)7-13(6-11(19)20)4-3-8-5-9(18)1-2-10(8)12(13)21/h1-2,5,18H,3-4,6-7H2,(H,19,20)/t13-/m0/s1. The first-order chi connectivity index (χ1) is 9.63. The van der Waals surface area contributed by atoms with Gasteiger partial charge in [-0.05, 0) is 36.6 Å². The highest BCUT2D eigenvalue weighted by molar-refractivity contribution is 6.04. The Morgan fingerprint density at radius 2 is 2.00 bits per heavy atom. The SMILES string of the molecule is O=C(O)C[C@]1(CC(F)(F)F)CCc2cc(O)ccc2C1=O. The van der Waals surface area contributed by atoms with E-state index < -0.39 is 36.2 Å². The number of ketones is 1. The molecule has 0 spiro atoms. The van der Waals surface area contributed by atoms with E-state index in [0.717, 1.165) is 0 Å². The fourth-order valence-electron chi connectivity index (χ4n) is 2.85. The van der Waals surface area contributed by atoms with Gasteiger partial charge in [-0.25, -0.2) is 0 Å². The summed E-state index contributed by atoms with van der Waals surface area (Å²) >= 11 is 0. The Kier molecular flexibility index (Phi) is 3.69. The second kappa shape index (κ2) is 5.05. The first-order valence-corrected chi connectivity index (χ1v) is 6.28. The molecule has 0 heterocycles. The van der Waals surface area contributed by atoms with Crippen molar-refractivity contribution in [2.75, 3.05) is 0 Å². The van der Waals surface area contributed by atoms with Crippen molar-refractivity contribution in [1.82, 2.24) is 0 Å². The third kappa shape index (κ3) is 3.17. The zero-order valence-corrected chi connectivity index (χ0v) is 10.9. The number of benzene rings is 1. The summed E-state index contributed by atoms with van der Waals surface area (Å²) in [4.78, 5) is 23.3. The summed E-state index contributed by atoms with van der Waals surface area (Å²) in [6.45, 7) is 0. The van der Waals surface area contributed by atoms with Crippen LogP contribution in [0, 0.1) is 5.41 Å². The van der Waals surface area contributed by atoms with Crippen LogP contribution in [0.1, 0.15) is 35.2 Å². The molecule has 21 heavy (non-hydrogen) atoms. The van der Waals surface area contributed by atoms with Crippen molar-refractivity contribution in [3.8, 4) is 5.75 Å². The highest BCUT2D eigenvalue weighted by Gasteiger charge is 2.50. The number of alkyl halides is 3. The molecule has 4 nitrogen and oxygen atoms in total. The Bertz CT molecular complexity index is 594. The molecule has 0 fully saturated rings. The maximum atomic E-state index is 12.8. The number of hydrogen-bond donors (Lipinski definition) is 2. The number of aliphatic carboxylic acids is 1. The predicted octanol–water partition coefficient (Wildman–Crippen LogP) is 2.93. The molecule has 0 bridgehead atoms. The maximum absolute atomic E-state index is 12.8. The van der Waals surface area contributed by atoms with Crippen LogP contribution in [-0.2, 0) is 11.2 Å². The van der Waals surface area contributed by atoms with Crippen LogP contribution in [0.5, 0.6) is 5.75 Å². The molecule has 114 valence electrons. The summed E-state index contributed by atoms with van der Waals surface area (Å²) in [7, 11) is 0. The van der Waals surface area contributed by atoms with E-state index in [1.165, 1.54) is 18.2 Å². The molecular formula is C14H13F3O4. The molecule has 1 aromatic rings. The highest BCUT2D eigenvalue weighted by Crippen LogP contribution is 2.46. The van der Waals surface area contributed by atoms with Gasteiger partial charge in [0.1, 0.15) is 5.75 Å². The lowest BCUT2D eigenvalue weighted by atomic mass is 9.66. The molecule has 0 saturated heterocycles. The van der Waals surface area contributed by atoms with Gasteiger partial charge in [0.25, 0.3) is 0 Å². The number of halogens is 3. The third-order valence-electron chi connectivity index (χ3n) is 3.72. The minimum Gasteiger partial charge on any atom is -0.508 e. The minimum atomic E-state index is -4.63. The van der Waals surface area contributed by atoms with Crippen molar-refractivity contribution in [1.29, 1.82) is 0 Å². The van der Waals surface area contributed by atoms with Crippen LogP contribution in [-0.4, -0.2) is 28.1 Å². The van der Waals surface area contributed by atoms with Gasteiger partial charge in [-0.3, -0.25) is 9.59 Å². The number of carboxylic acid groups (broad SMARTS) is 1. The number of carbonyl (C=O) groups is 2. The largest absolute Gasteiger partial charge is 0.508 e. The van der Waals surface area contributed by atoms with Crippen molar-refractivity contribution in [2.24, 2.45) is 5.41 Å². The number of aryl methyl sites for hydroxylation is 1. The predicted molar refractivity (Wildman–Crippen MR) is 66.1 cm³/mol. The zero-order chi connectivity index (χ0) is 15.8. The Labute approximate surface area is 118 Å². The fraction of sp³-hybridized carbons (Fsp3) is 0.429. The van der Waals surface area contributed by atoms with Crippen molar-refractivity contribution in [2.45, 2.75) is 31.9 Å². The van der Waals surface area contributed by atoms with E-state index in [9.17, 15) is 27.9 Å². The van der Waals surface area contributed by atoms with E-state index in [2.05, 4.69) is 0 Å². The van der Waals surface area contributed by atoms with Gasteiger partial charge in [0, 0.05) is 5.56 Å². The van der Waals surface area contributed by atoms with E-state index >= 15 is 0 Å². The van der Waals surface area contributed by atoms with Crippen molar-refractivity contribution in [3.05, 3.63) is 29.3 Å². The second-order valence-electron chi connectivity index (χ2n) is 5.31. The molecule has 1 aliphatic carbocycles. The maximum Gasteiger partial charge on any atom is 0.390 e. The molecular weight excluding hydrogens is 289 g/mol. The number of phenols is 1. The van der Waals surface area contributed by atoms with Crippen LogP contribution in [0.4, 0.5) is 13.2 Å². The van der Waals surface area contributed by atoms with Crippen molar-refractivity contribution >= 4 is 11.8 Å². The number of carbonyl (C=O) groups excluding carboxylic acids is 1. The van der Waals surface area contributed by atoms with Crippen molar-refractivity contribution < 1.29 is 33.0 Å². The second-order valence-corrected chi connectivity index (χ2v) is 5.31. The Hall–Kier alpha value is -2.05. The van der Waals surface area contributed by atoms with Crippen LogP contribution in [0.2, 0.25) is 0 Å². The van der Waals surface area contributed by atoms with E-state index in [0.29, 0.717) is 5.56 Å². The average molecular weight is 302 g/mol. The molecule has 0 radical (unpaired) electrons. The zero-order valence-electron chi connectivity index (χ0n) is 10.9. The van der Waals surface area contributed by atoms with E-state index in [4.69, 9.17) is 5.11 Å². The normalized spacial score (nSPS) is 22.0. The van der Waals surface area contributed by atoms with Gasteiger partial charge in [0.05, 0.1) is 18.3 Å². The smallest absolute Gasteiger partial charge is 0.390 e. The molecule has 0 aromatic heterocycles. The first-order valence-electron chi connectivity index (χ1n) is 6.28. The molecule has 0 aliphatic heterocycles.